The fourth-order valence-electron chi connectivity index (χ4n) is 3.99. The van der Waals surface area contributed by atoms with Crippen LogP contribution >= 0.6 is 11.6 Å². The highest BCUT2D eigenvalue weighted by molar-refractivity contribution is 7.90. The van der Waals surface area contributed by atoms with Crippen LogP contribution in [-0.4, -0.2) is 47.7 Å². The van der Waals surface area contributed by atoms with E-state index in [0.29, 0.717) is 41.5 Å². The average molecular weight is 580 g/mol. The fourth-order valence-corrected chi connectivity index (χ4v) is 5.50. The SMILES string of the molecule is Cc1ccc(S(=O)(=O)n2cc3c4c2C(=O)C(NCc2ccc(Cl)cc2)=CC4=NCC3)cc1.O=C(O)C(F)(F)F. The summed E-state index contributed by atoms with van der Waals surface area (Å²) in [6.07, 6.45) is -1.20. The predicted molar refractivity (Wildman–Crippen MR) is 138 cm³/mol. The van der Waals surface area contributed by atoms with Gasteiger partial charge in [0, 0.05) is 29.9 Å². The minimum Gasteiger partial charge on any atom is -0.475 e. The minimum absolute atomic E-state index is 0.139. The zero-order chi connectivity index (χ0) is 28.5. The van der Waals surface area contributed by atoms with E-state index in [1.807, 2.05) is 19.1 Å². The maximum atomic E-state index is 13.5. The standard InChI is InChI=1S/C24H20ClN3O3S.C2HF3O2/c1-15-2-8-19(9-3-15)32(30,31)28-14-17-10-11-26-20-12-21(24(29)23(28)22(17)20)27-13-16-4-6-18(25)7-5-16;3-2(4,5)1(6)7/h2-9,12,14,27H,10-11,13H2,1H3;(H,6,7). The Balaban J connectivity index is 0.000000448. The molecule has 2 aromatic carbocycles. The number of halogens is 4. The number of aliphatic imine (C=N–C) groups is 1. The normalized spacial score (nSPS) is 14.4. The molecule has 1 aliphatic heterocycles. The molecule has 8 nitrogen and oxygen atoms in total. The Kier molecular flexibility index (Phi) is 7.71. The molecular weight excluding hydrogens is 559 g/mol. The van der Waals surface area contributed by atoms with Crippen LogP contribution in [0.3, 0.4) is 0 Å². The smallest absolute Gasteiger partial charge is 0.475 e. The van der Waals surface area contributed by atoms with E-state index in [9.17, 15) is 26.4 Å². The fraction of sp³-hybridized carbons (Fsp3) is 0.192. The second kappa shape index (κ2) is 10.7. The van der Waals surface area contributed by atoms with Crippen molar-refractivity contribution in [2.75, 3.05) is 6.54 Å². The summed E-state index contributed by atoms with van der Waals surface area (Å²) in [5.41, 5.74) is 4.44. The Hall–Kier alpha value is -3.90. The number of benzene rings is 2. The van der Waals surface area contributed by atoms with Crippen LogP contribution in [0.4, 0.5) is 13.2 Å². The van der Waals surface area contributed by atoms with Crippen LogP contribution in [-0.2, 0) is 27.8 Å². The summed E-state index contributed by atoms with van der Waals surface area (Å²) in [5.74, 6) is -3.12. The number of alkyl halides is 3. The molecule has 2 aliphatic rings. The maximum absolute atomic E-state index is 13.5. The van der Waals surface area contributed by atoms with Crippen molar-refractivity contribution in [3.05, 3.63) is 99.5 Å². The van der Waals surface area contributed by atoms with Crippen molar-refractivity contribution in [1.29, 1.82) is 0 Å². The maximum Gasteiger partial charge on any atom is 0.490 e. The zero-order valence-electron chi connectivity index (χ0n) is 20.3. The topological polar surface area (TPSA) is 118 Å². The van der Waals surface area contributed by atoms with Gasteiger partial charge in [0.15, 0.2) is 0 Å². The van der Waals surface area contributed by atoms with E-state index in [-0.39, 0.29) is 16.4 Å². The van der Waals surface area contributed by atoms with Gasteiger partial charge in [-0.2, -0.15) is 13.2 Å². The van der Waals surface area contributed by atoms with Gasteiger partial charge in [0.2, 0.25) is 5.78 Å². The highest BCUT2D eigenvalue weighted by Crippen LogP contribution is 2.32. The van der Waals surface area contributed by atoms with Crippen molar-refractivity contribution in [2.24, 2.45) is 4.99 Å². The number of aromatic nitrogens is 1. The third-order valence-electron chi connectivity index (χ3n) is 5.93. The van der Waals surface area contributed by atoms with Crippen LogP contribution < -0.4 is 5.32 Å². The van der Waals surface area contributed by atoms with Crippen molar-refractivity contribution >= 4 is 39.1 Å². The number of ketones is 1. The Bertz CT molecular complexity index is 1610. The van der Waals surface area contributed by atoms with Crippen molar-refractivity contribution < 1.29 is 36.3 Å². The molecule has 0 bridgehead atoms. The second-order valence-corrected chi connectivity index (χ2v) is 10.9. The van der Waals surface area contributed by atoms with Crippen LogP contribution in [0.25, 0.3) is 0 Å². The number of nitrogens with one attached hydrogen (secondary N) is 1. The van der Waals surface area contributed by atoms with Crippen LogP contribution in [0, 0.1) is 6.92 Å². The molecule has 0 unspecified atom stereocenters. The van der Waals surface area contributed by atoms with E-state index in [4.69, 9.17) is 21.5 Å². The molecule has 2 N–H and O–H groups in total. The van der Waals surface area contributed by atoms with Crippen LogP contribution in [0.2, 0.25) is 5.02 Å². The molecular formula is C26H21ClF3N3O5S. The summed E-state index contributed by atoms with van der Waals surface area (Å²) in [6, 6.07) is 13.9. The van der Waals surface area contributed by atoms with E-state index in [1.165, 1.54) is 0 Å². The molecule has 3 aromatic rings. The first-order valence-electron chi connectivity index (χ1n) is 11.4. The molecule has 2 heterocycles. The monoisotopic (exact) mass is 579 g/mol. The lowest BCUT2D eigenvalue weighted by molar-refractivity contribution is -0.192. The number of hydrogen-bond donors (Lipinski definition) is 2. The number of allylic oxidation sites excluding steroid dienone is 2. The molecule has 0 saturated heterocycles. The summed E-state index contributed by atoms with van der Waals surface area (Å²) in [4.78, 5) is 27.0. The number of Topliss-reactive ketones (excluding diaryl/α,β-unsaturated/α-hetero) is 1. The molecule has 5 rings (SSSR count). The van der Waals surface area contributed by atoms with E-state index >= 15 is 0 Å². The third kappa shape index (κ3) is 5.91. The van der Waals surface area contributed by atoms with Crippen molar-refractivity contribution in [2.45, 2.75) is 31.0 Å². The van der Waals surface area contributed by atoms with Gasteiger partial charge >= 0.3 is 12.1 Å². The van der Waals surface area contributed by atoms with Gasteiger partial charge < -0.3 is 10.4 Å². The highest BCUT2D eigenvalue weighted by Gasteiger charge is 2.38. The van der Waals surface area contributed by atoms with Crippen molar-refractivity contribution in [3.8, 4) is 0 Å². The van der Waals surface area contributed by atoms with Crippen LogP contribution in [0.15, 0.2) is 76.4 Å². The number of carbonyl (C=O) groups excluding carboxylic acids is 1. The molecule has 0 spiro atoms. The second-order valence-electron chi connectivity index (χ2n) is 8.68. The van der Waals surface area contributed by atoms with Gasteiger partial charge in [0.1, 0.15) is 5.69 Å². The number of hydrogen-bond acceptors (Lipinski definition) is 6. The molecule has 1 aromatic heterocycles. The Morgan fingerprint density at radius 3 is 2.33 bits per heavy atom. The van der Waals surface area contributed by atoms with Gasteiger partial charge in [0.25, 0.3) is 10.0 Å². The van der Waals surface area contributed by atoms with E-state index in [0.717, 1.165) is 20.7 Å². The largest absolute Gasteiger partial charge is 0.490 e. The van der Waals surface area contributed by atoms with Gasteiger partial charge in [-0.05, 0) is 54.8 Å². The van der Waals surface area contributed by atoms with Gasteiger partial charge in [-0.15, -0.1) is 0 Å². The molecule has 0 fully saturated rings. The van der Waals surface area contributed by atoms with E-state index < -0.39 is 22.2 Å². The average Bonchev–Trinajstić information content (AvgIpc) is 3.28. The summed E-state index contributed by atoms with van der Waals surface area (Å²) in [5, 5.41) is 10.9. The first kappa shape index (κ1) is 28.1. The van der Waals surface area contributed by atoms with Gasteiger partial charge in [-0.25, -0.2) is 17.2 Å². The molecule has 39 heavy (non-hydrogen) atoms. The molecule has 1 aliphatic carbocycles. The summed E-state index contributed by atoms with van der Waals surface area (Å²) in [6.45, 7) is 2.84. The van der Waals surface area contributed by atoms with Gasteiger partial charge in [-0.3, -0.25) is 9.79 Å². The third-order valence-corrected chi connectivity index (χ3v) is 7.85. The Morgan fingerprint density at radius 2 is 1.74 bits per heavy atom. The highest BCUT2D eigenvalue weighted by atomic mass is 35.5. The first-order chi connectivity index (χ1) is 18.3. The summed E-state index contributed by atoms with van der Waals surface area (Å²) < 4.78 is 59.8. The van der Waals surface area contributed by atoms with Crippen molar-refractivity contribution in [3.63, 3.8) is 0 Å². The Morgan fingerprint density at radius 1 is 1.13 bits per heavy atom. The lowest BCUT2D eigenvalue weighted by atomic mass is 9.92. The number of rotatable bonds is 5. The number of aryl methyl sites for hydroxylation is 1. The van der Waals surface area contributed by atoms with E-state index in [2.05, 4.69) is 10.3 Å². The van der Waals surface area contributed by atoms with Crippen molar-refractivity contribution in [1.82, 2.24) is 9.29 Å². The van der Waals surface area contributed by atoms with E-state index in [1.54, 1.807) is 48.7 Å². The number of nitrogens with zero attached hydrogens (tertiary/aromatic N) is 2. The molecule has 0 radical (unpaired) electrons. The summed E-state index contributed by atoms with van der Waals surface area (Å²) in [7, 11) is -3.94. The number of carboxylic acids is 1. The summed E-state index contributed by atoms with van der Waals surface area (Å²) >= 11 is 5.94. The zero-order valence-corrected chi connectivity index (χ0v) is 21.9. The Labute approximate surface area is 226 Å². The number of aliphatic carboxylic acids is 1. The molecule has 0 atom stereocenters. The molecule has 13 heteroatoms. The number of carbonyl (C=O) groups is 2. The van der Waals surface area contributed by atoms with Crippen LogP contribution in [0.1, 0.15) is 32.7 Å². The van der Waals surface area contributed by atoms with Gasteiger partial charge in [0.05, 0.1) is 16.3 Å². The first-order valence-corrected chi connectivity index (χ1v) is 13.3. The predicted octanol–water partition coefficient (Wildman–Crippen LogP) is 4.54. The lowest BCUT2D eigenvalue weighted by Crippen LogP contribution is -2.30. The molecule has 0 saturated carbocycles. The van der Waals surface area contributed by atoms with Gasteiger partial charge in [-0.1, -0.05) is 41.4 Å². The molecule has 204 valence electrons. The molecule has 0 amide bonds. The minimum atomic E-state index is -5.08. The number of carboxylic acid groups (broad SMARTS) is 1. The quantitative estimate of drug-likeness (QED) is 0.458. The lowest BCUT2D eigenvalue weighted by Gasteiger charge is -2.21. The van der Waals surface area contributed by atoms with Crippen LogP contribution in [0.5, 0.6) is 0 Å².